The molecule has 0 aliphatic rings. The van der Waals surface area contributed by atoms with Crippen LogP contribution in [0.2, 0.25) is 0 Å². The maximum Gasteiger partial charge on any atom is 0.327 e. The van der Waals surface area contributed by atoms with Gasteiger partial charge in [-0.05, 0) is 0 Å². The molecular weight excluding hydrogens is 137 g/mol. The smallest absolute Gasteiger partial charge is 0.327 e. The van der Waals surface area contributed by atoms with Gasteiger partial charge in [0, 0.05) is 0 Å². The largest absolute Gasteiger partial charge is 0.506 e. The van der Waals surface area contributed by atoms with Crippen molar-refractivity contribution in [2.24, 2.45) is 0 Å². The normalized spacial score (nSPS) is 4.50. The molecule has 0 aromatic heterocycles. The molecule has 2 nitrogen and oxygen atoms in total. The zero-order valence-corrected chi connectivity index (χ0v) is 1.99. The molecule has 0 atom stereocenters. The van der Waals surface area contributed by atoms with Crippen LogP contribution >= 0.6 is 0 Å². The molecule has 0 unspecified atom stereocenters. The molecule has 4 heavy (non-hydrogen) atoms. The van der Waals surface area contributed by atoms with E-state index in [1.807, 2.05) is 0 Å². The standard InChI is InChI=1S/ClHO2.Ga.3H/c2-1-3;;;;/h2H;;;;. The van der Waals surface area contributed by atoms with Gasteiger partial charge in [-0.15, -0.1) is 4.66 Å². The van der Waals surface area contributed by atoms with Crippen LogP contribution in [0.25, 0.3) is 0 Å². The average Bonchev–Trinajstić information content (AvgIpc) is 0.918. The molecule has 0 saturated carbocycles. The molecule has 0 radical (unpaired) electrons. The van der Waals surface area contributed by atoms with E-state index in [0.29, 0.717) is 0 Å². The minimum Gasteiger partial charge on any atom is -0.506 e. The molecule has 0 aromatic rings. The summed E-state index contributed by atoms with van der Waals surface area (Å²) in [6.07, 6.45) is 0. The fraction of sp³-hybridized carbons (Fsp3) is 0. The Morgan fingerprint density at radius 1 is 1.75 bits per heavy atom. The molecule has 0 amide bonds. The molecule has 4 heteroatoms. The Labute approximate surface area is 40.9 Å². The van der Waals surface area contributed by atoms with Crippen LogP contribution in [0.3, 0.4) is 0 Å². The Hall–Kier alpha value is 0.846. The first-order valence-corrected chi connectivity index (χ1v) is 0.970. The van der Waals surface area contributed by atoms with Gasteiger partial charge in [-0.25, -0.2) is 0 Å². The summed E-state index contributed by atoms with van der Waals surface area (Å²) in [5, 5.41) is 0. The molecule has 0 saturated heterocycles. The van der Waals surface area contributed by atoms with E-state index >= 15 is 0 Å². The number of rotatable bonds is 0. The van der Waals surface area contributed by atoms with Gasteiger partial charge >= 0.3 is 31.1 Å². The van der Waals surface area contributed by atoms with Gasteiger partial charge in [0.15, 0.2) is 0 Å². The molecule has 0 spiro atoms. The van der Waals surface area contributed by atoms with Crippen molar-refractivity contribution < 1.29 is 20.6 Å². The van der Waals surface area contributed by atoms with Crippen LogP contribution in [0.4, 0.5) is 0 Å². The summed E-state index contributed by atoms with van der Waals surface area (Å²) in [4.78, 5) is 0. The quantitative estimate of drug-likeness (QED) is 0.367. The third-order valence-corrected chi connectivity index (χ3v) is 0. The second kappa shape index (κ2) is 9.14. The SMILES string of the molecule is [GaH3].[O-][Cl+]O. The van der Waals surface area contributed by atoms with E-state index in [1.54, 1.807) is 0 Å². The van der Waals surface area contributed by atoms with Gasteiger partial charge in [0.1, 0.15) is 0 Å². The van der Waals surface area contributed by atoms with Crippen molar-refractivity contribution in [3.63, 3.8) is 0 Å². The molecule has 0 aromatic carbocycles. The van der Waals surface area contributed by atoms with Gasteiger partial charge in [0.2, 0.25) is 0 Å². The van der Waals surface area contributed by atoms with Crippen molar-refractivity contribution in [2.75, 3.05) is 0 Å². The van der Waals surface area contributed by atoms with E-state index in [-0.39, 0.29) is 31.1 Å². The Morgan fingerprint density at radius 3 is 1.75 bits per heavy atom. The van der Waals surface area contributed by atoms with Crippen molar-refractivity contribution in [1.82, 2.24) is 0 Å². The zero-order chi connectivity index (χ0) is 2.71. The maximum atomic E-state index is 8.35. The molecule has 0 bridgehead atoms. The van der Waals surface area contributed by atoms with E-state index in [9.17, 15) is 0 Å². The predicted molar refractivity (Wildman–Crippen MR) is 12.2 cm³/mol. The summed E-state index contributed by atoms with van der Waals surface area (Å²) >= 11 is -0.167. The van der Waals surface area contributed by atoms with Crippen LogP contribution in [-0.2, 0) is 0 Å². The second-order valence-corrected chi connectivity index (χ2v) is 0.207. The Kier molecular flexibility index (Phi) is 20.2. The van der Waals surface area contributed by atoms with Crippen LogP contribution in [0, 0.1) is 11.3 Å². The Balaban J connectivity index is 0. The fourth-order valence-corrected chi connectivity index (χ4v) is 0. The van der Waals surface area contributed by atoms with E-state index in [4.69, 9.17) is 9.32 Å². The predicted octanol–water partition coefficient (Wildman–Crippen LogP) is -2.93. The summed E-state index contributed by atoms with van der Waals surface area (Å²) in [7, 11) is 0. The van der Waals surface area contributed by atoms with Crippen LogP contribution < -0.4 is 4.66 Å². The van der Waals surface area contributed by atoms with Crippen molar-refractivity contribution in [3.05, 3.63) is 0 Å². The topological polar surface area (TPSA) is 43.3 Å². The van der Waals surface area contributed by atoms with Crippen molar-refractivity contribution >= 4 is 19.8 Å². The molecule has 0 heterocycles. The molecule has 1 N–H and O–H groups in total. The molecule has 0 aliphatic heterocycles. The first-order chi connectivity index (χ1) is 1.41. The van der Waals surface area contributed by atoms with E-state index < -0.39 is 0 Å². The molecule has 26 valence electrons. The van der Waals surface area contributed by atoms with Crippen LogP contribution in [-0.4, -0.2) is 24.4 Å². The average molecular weight is 141 g/mol. The molecule has 0 aliphatic carbocycles. The molecular formula is H4ClGaO2. The van der Waals surface area contributed by atoms with Gasteiger partial charge in [-0.2, -0.15) is 0 Å². The molecule has 0 rings (SSSR count). The fourth-order valence-electron chi connectivity index (χ4n) is 0. The minimum absolute atomic E-state index is 0. The van der Waals surface area contributed by atoms with Crippen molar-refractivity contribution in [1.29, 1.82) is 0 Å². The third-order valence-electron chi connectivity index (χ3n) is 0. The number of halogens is 1. The van der Waals surface area contributed by atoms with Crippen molar-refractivity contribution in [2.45, 2.75) is 0 Å². The second-order valence-electron chi connectivity index (χ2n) is 0.0690. The van der Waals surface area contributed by atoms with Crippen LogP contribution in [0.15, 0.2) is 0 Å². The summed E-state index contributed by atoms with van der Waals surface area (Å²) in [6, 6.07) is 0. The third kappa shape index (κ3) is 13.5. The minimum atomic E-state index is -0.167. The summed E-state index contributed by atoms with van der Waals surface area (Å²) in [5.41, 5.74) is 0. The van der Waals surface area contributed by atoms with Gasteiger partial charge in [-0.1, -0.05) is 0 Å². The van der Waals surface area contributed by atoms with E-state index in [1.165, 1.54) is 0 Å². The summed E-state index contributed by atoms with van der Waals surface area (Å²) in [5.74, 6) is 0. The summed E-state index contributed by atoms with van der Waals surface area (Å²) < 4.78 is 15.2. The Bertz CT molecular complexity index is 6.00. The van der Waals surface area contributed by atoms with Gasteiger partial charge in [-0.3, -0.25) is 0 Å². The number of hydrogen-bond acceptors (Lipinski definition) is 2. The maximum absolute atomic E-state index is 8.35. The first-order valence-electron chi connectivity index (χ1n) is 0.323. The Morgan fingerprint density at radius 2 is 1.75 bits per heavy atom. The van der Waals surface area contributed by atoms with Crippen LogP contribution in [0.5, 0.6) is 0 Å². The van der Waals surface area contributed by atoms with Gasteiger partial charge < -0.3 is 4.66 Å². The monoisotopic (exact) mass is 140 g/mol. The van der Waals surface area contributed by atoms with Crippen LogP contribution in [0.1, 0.15) is 0 Å². The van der Waals surface area contributed by atoms with Crippen molar-refractivity contribution in [3.8, 4) is 0 Å². The number of hydrogen-bond donors (Lipinski definition) is 1. The van der Waals surface area contributed by atoms with E-state index in [2.05, 4.69) is 0 Å². The molecule has 0 fully saturated rings. The summed E-state index contributed by atoms with van der Waals surface area (Å²) in [6.45, 7) is 0. The zero-order valence-electron chi connectivity index (χ0n) is 1.23. The van der Waals surface area contributed by atoms with E-state index in [0.717, 1.165) is 0 Å². The van der Waals surface area contributed by atoms with Gasteiger partial charge in [0.25, 0.3) is 0 Å². The first kappa shape index (κ1) is 8.85. The van der Waals surface area contributed by atoms with Gasteiger partial charge in [0.05, 0.1) is 0 Å².